The number of anilines is 1. The highest BCUT2D eigenvalue weighted by atomic mass is 16.1. The van der Waals surface area contributed by atoms with Crippen LogP contribution in [0.3, 0.4) is 0 Å². The summed E-state index contributed by atoms with van der Waals surface area (Å²) in [6, 6.07) is 0. The van der Waals surface area contributed by atoms with Gasteiger partial charge >= 0.3 is 0 Å². The molecule has 0 bridgehead atoms. The lowest BCUT2D eigenvalue weighted by Gasteiger charge is -2.33. The number of carbonyl (C=O) groups is 1. The summed E-state index contributed by atoms with van der Waals surface area (Å²) in [4.78, 5) is 21.8. The van der Waals surface area contributed by atoms with Crippen molar-refractivity contribution in [2.24, 2.45) is 5.92 Å². The van der Waals surface area contributed by atoms with Crippen LogP contribution in [0, 0.1) is 5.92 Å². The van der Waals surface area contributed by atoms with Crippen molar-refractivity contribution in [2.75, 3.05) is 24.5 Å². The van der Waals surface area contributed by atoms with Gasteiger partial charge in [0, 0.05) is 26.6 Å². The molecule has 0 saturated carbocycles. The van der Waals surface area contributed by atoms with Gasteiger partial charge in [-0.15, -0.1) is 0 Å². The van der Waals surface area contributed by atoms with Gasteiger partial charge in [-0.3, -0.25) is 9.89 Å². The van der Waals surface area contributed by atoms with Crippen molar-refractivity contribution in [1.82, 2.24) is 25.5 Å². The molecule has 1 atom stereocenters. The Morgan fingerprint density at radius 1 is 1.55 bits per heavy atom. The zero-order valence-electron chi connectivity index (χ0n) is 11.5. The second kappa shape index (κ2) is 5.44. The minimum atomic E-state index is 0.0291. The molecule has 106 valence electrons. The van der Waals surface area contributed by atoms with Crippen molar-refractivity contribution in [3.05, 3.63) is 12.5 Å². The number of nitrogens with zero attached hydrogens (tertiary/aromatic N) is 4. The van der Waals surface area contributed by atoms with Crippen molar-refractivity contribution < 1.29 is 4.79 Å². The maximum Gasteiger partial charge on any atom is 0.216 e. The molecule has 2 N–H and O–H groups in total. The molecule has 0 spiro atoms. The first-order chi connectivity index (χ1) is 9.74. The fourth-order valence-corrected chi connectivity index (χ4v) is 2.72. The predicted molar refractivity (Wildman–Crippen MR) is 75.3 cm³/mol. The second-order valence-electron chi connectivity index (χ2n) is 5.22. The fourth-order valence-electron chi connectivity index (χ4n) is 2.72. The predicted octanol–water partition coefficient (Wildman–Crippen LogP) is 0.705. The number of amides is 1. The molecule has 20 heavy (non-hydrogen) atoms. The third-order valence-corrected chi connectivity index (χ3v) is 3.69. The summed E-state index contributed by atoms with van der Waals surface area (Å²) in [5, 5.41) is 10.7. The van der Waals surface area contributed by atoms with Crippen LogP contribution in [0.15, 0.2) is 12.5 Å². The number of nitrogens with one attached hydrogen (secondary N) is 2. The number of rotatable bonds is 3. The van der Waals surface area contributed by atoms with E-state index in [1.54, 1.807) is 19.4 Å². The molecule has 7 heteroatoms. The molecular formula is C13H18N6O. The third kappa shape index (κ3) is 2.56. The van der Waals surface area contributed by atoms with Crippen LogP contribution in [0.5, 0.6) is 0 Å². The number of hydrogen-bond donors (Lipinski definition) is 2. The lowest BCUT2D eigenvalue weighted by atomic mass is 9.98. The van der Waals surface area contributed by atoms with E-state index in [2.05, 4.69) is 30.4 Å². The van der Waals surface area contributed by atoms with E-state index in [-0.39, 0.29) is 5.91 Å². The van der Waals surface area contributed by atoms with Crippen LogP contribution in [0.4, 0.5) is 5.82 Å². The highest BCUT2D eigenvalue weighted by Crippen LogP contribution is 2.26. The van der Waals surface area contributed by atoms with E-state index in [0.717, 1.165) is 49.3 Å². The van der Waals surface area contributed by atoms with Crippen molar-refractivity contribution in [3.63, 3.8) is 0 Å². The summed E-state index contributed by atoms with van der Waals surface area (Å²) in [6.45, 7) is 4.16. The van der Waals surface area contributed by atoms with Gasteiger partial charge in [-0.05, 0) is 18.8 Å². The Balaban J connectivity index is 1.76. The summed E-state index contributed by atoms with van der Waals surface area (Å²) in [5.41, 5.74) is 0.763. The molecule has 0 aliphatic carbocycles. The van der Waals surface area contributed by atoms with E-state index < -0.39 is 0 Å². The van der Waals surface area contributed by atoms with Crippen LogP contribution in [0.1, 0.15) is 19.8 Å². The monoisotopic (exact) mass is 274 g/mol. The first kappa shape index (κ1) is 12.8. The van der Waals surface area contributed by atoms with Crippen molar-refractivity contribution in [1.29, 1.82) is 0 Å². The highest BCUT2D eigenvalue weighted by molar-refractivity contribution is 5.86. The third-order valence-electron chi connectivity index (χ3n) is 3.69. The summed E-state index contributed by atoms with van der Waals surface area (Å²) in [5.74, 6) is 1.42. The van der Waals surface area contributed by atoms with Crippen LogP contribution >= 0.6 is 0 Å². The number of fused-ring (bicyclic) bond motifs is 1. The Labute approximate surface area is 116 Å². The van der Waals surface area contributed by atoms with Crippen LogP contribution < -0.4 is 10.2 Å². The molecule has 1 saturated heterocycles. The van der Waals surface area contributed by atoms with E-state index >= 15 is 0 Å². The van der Waals surface area contributed by atoms with Crippen molar-refractivity contribution >= 4 is 22.8 Å². The average Bonchev–Trinajstić information content (AvgIpc) is 2.93. The zero-order chi connectivity index (χ0) is 13.9. The van der Waals surface area contributed by atoms with Crippen LogP contribution in [-0.4, -0.2) is 45.7 Å². The minimum absolute atomic E-state index is 0.0291. The number of aromatic amines is 1. The molecule has 1 unspecified atom stereocenters. The maximum absolute atomic E-state index is 11.0. The number of piperidine rings is 1. The summed E-state index contributed by atoms with van der Waals surface area (Å²) in [7, 11) is 0. The van der Waals surface area contributed by atoms with Gasteiger partial charge in [0.05, 0.1) is 11.6 Å². The Kier molecular flexibility index (Phi) is 3.49. The first-order valence-corrected chi connectivity index (χ1v) is 6.87. The number of aromatic nitrogens is 4. The smallest absolute Gasteiger partial charge is 0.216 e. The van der Waals surface area contributed by atoms with Crippen molar-refractivity contribution in [3.8, 4) is 0 Å². The molecule has 3 rings (SSSR count). The highest BCUT2D eigenvalue weighted by Gasteiger charge is 2.22. The summed E-state index contributed by atoms with van der Waals surface area (Å²) >= 11 is 0. The molecule has 1 aliphatic rings. The molecule has 0 radical (unpaired) electrons. The van der Waals surface area contributed by atoms with E-state index in [9.17, 15) is 4.79 Å². The van der Waals surface area contributed by atoms with Crippen LogP contribution in [-0.2, 0) is 4.79 Å². The van der Waals surface area contributed by atoms with Gasteiger partial charge < -0.3 is 10.2 Å². The second-order valence-corrected chi connectivity index (χ2v) is 5.22. The largest absolute Gasteiger partial charge is 0.356 e. The maximum atomic E-state index is 11.0. The molecule has 2 aromatic heterocycles. The molecule has 0 aromatic carbocycles. The topological polar surface area (TPSA) is 86.8 Å². The van der Waals surface area contributed by atoms with E-state index in [0.29, 0.717) is 5.92 Å². The number of carbonyl (C=O) groups excluding carboxylic acids is 1. The molecule has 1 amide bonds. The van der Waals surface area contributed by atoms with Gasteiger partial charge in [-0.25, -0.2) is 9.97 Å². The Hall–Kier alpha value is -2.18. The number of H-pyrrole nitrogens is 1. The summed E-state index contributed by atoms with van der Waals surface area (Å²) in [6.07, 6.45) is 5.57. The lowest BCUT2D eigenvalue weighted by molar-refractivity contribution is -0.119. The van der Waals surface area contributed by atoms with Crippen LogP contribution in [0.2, 0.25) is 0 Å². The van der Waals surface area contributed by atoms with Gasteiger partial charge in [-0.1, -0.05) is 0 Å². The quantitative estimate of drug-likeness (QED) is 0.860. The standard InChI is InChI=1S/C13H18N6O/c1-9(20)14-5-10-3-2-4-19(7-10)13-11-6-17-18-12(11)15-8-16-13/h6,8,10H,2-5,7H2,1H3,(H,14,20)(H,15,16,17,18). The van der Waals surface area contributed by atoms with E-state index in [1.807, 2.05) is 0 Å². The molecule has 1 aliphatic heterocycles. The van der Waals surface area contributed by atoms with Gasteiger partial charge in [0.2, 0.25) is 5.91 Å². The van der Waals surface area contributed by atoms with E-state index in [4.69, 9.17) is 0 Å². The normalized spacial score (nSPS) is 19.2. The SMILES string of the molecule is CC(=O)NCC1CCCN(c2ncnc3[nH]ncc23)C1. The average molecular weight is 274 g/mol. The summed E-state index contributed by atoms with van der Waals surface area (Å²) < 4.78 is 0. The number of hydrogen-bond acceptors (Lipinski definition) is 5. The van der Waals surface area contributed by atoms with Gasteiger partial charge in [0.15, 0.2) is 5.65 Å². The zero-order valence-corrected chi connectivity index (χ0v) is 11.5. The molecule has 7 nitrogen and oxygen atoms in total. The van der Waals surface area contributed by atoms with Crippen LogP contribution in [0.25, 0.3) is 11.0 Å². The Morgan fingerprint density at radius 2 is 2.45 bits per heavy atom. The lowest BCUT2D eigenvalue weighted by Crippen LogP contribution is -2.41. The fraction of sp³-hybridized carbons (Fsp3) is 0.538. The van der Waals surface area contributed by atoms with Crippen molar-refractivity contribution in [2.45, 2.75) is 19.8 Å². The molecular weight excluding hydrogens is 256 g/mol. The Bertz CT molecular complexity index is 610. The van der Waals surface area contributed by atoms with Gasteiger partial charge in [0.1, 0.15) is 12.1 Å². The van der Waals surface area contributed by atoms with Gasteiger partial charge in [-0.2, -0.15) is 5.10 Å². The molecule has 1 fully saturated rings. The van der Waals surface area contributed by atoms with E-state index in [1.165, 1.54) is 0 Å². The first-order valence-electron chi connectivity index (χ1n) is 6.87. The molecule has 3 heterocycles. The minimum Gasteiger partial charge on any atom is -0.356 e. The Morgan fingerprint density at radius 3 is 3.30 bits per heavy atom. The molecule has 2 aromatic rings. The van der Waals surface area contributed by atoms with Gasteiger partial charge in [0.25, 0.3) is 0 Å².